The standard InChI is InChI=1S/C12H15NO2/c1-8(11(14)15)10-7-9(5-6-13-10)12(2,3)4/h5-7H,1H2,2-4H3,(H,14,15). The fourth-order valence-electron chi connectivity index (χ4n) is 1.17. The molecule has 0 saturated carbocycles. The average Bonchev–Trinajstić information content (AvgIpc) is 2.15. The number of aliphatic carboxylic acids is 1. The Kier molecular flexibility index (Phi) is 2.93. The molecule has 0 spiro atoms. The topological polar surface area (TPSA) is 50.2 Å². The van der Waals surface area contributed by atoms with Crippen molar-refractivity contribution in [2.75, 3.05) is 0 Å². The molecule has 1 aromatic heterocycles. The van der Waals surface area contributed by atoms with E-state index >= 15 is 0 Å². The summed E-state index contributed by atoms with van der Waals surface area (Å²) in [7, 11) is 0. The number of carbonyl (C=O) groups is 1. The highest BCUT2D eigenvalue weighted by atomic mass is 16.4. The predicted molar refractivity (Wildman–Crippen MR) is 59.6 cm³/mol. The minimum atomic E-state index is -1.03. The molecule has 3 nitrogen and oxygen atoms in total. The van der Waals surface area contributed by atoms with Crippen LogP contribution in [0.5, 0.6) is 0 Å². The Bertz CT molecular complexity index is 402. The van der Waals surface area contributed by atoms with Crippen LogP contribution in [-0.4, -0.2) is 16.1 Å². The van der Waals surface area contributed by atoms with Crippen LogP contribution in [-0.2, 0) is 10.2 Å². The first-order chi connectivity index (χ1) is 6.82. The van der Waals surface area contributed by atoms with Gasteiger partial charge in [0.05, 0.1) is 11.3 Å². The van der Waals surface area contributed by atoms with Crippen molar-refractivity contribution in [1.29, 1.82) is 0 Å². The van der Waals surface area contributed by atoms with E-state index in [0.29, 0.717) is 5.69 Å². The summed E-state index contributed by atoms with van der Waals surface area (Å²) in [6, 6.07) is 3.66. The van der Waals surface area contributed by atoms with Gasteiger partial charge < -0.3 is 5.11 Å². The van der Waals surface area contributed by atoms with Gasteiger partial charge in [-0.15, -0.1) is 0 Å². The van der Waals surface area contributed by atoms with Gasteiger partial charge >= 0.3 is 5.97 Å². The monoisotopic (exact) mass is 205 g/mol. The second-order valence-electron chi connectivity index (χ2n) is 4.46. The van der Waals surface area contributed by atoms with Crippen molar-refractivity contribution in [1.82, 2.24) is 4.98 Å². The van der Waals surface area contributed by atoms with Gasteiger partial charge in [-0.25, -0.2) is 4.79 Å². The predicted octanol–water partition coefficient (Wildman–Crippen LogP) is 2.48. The summed E-state index contributed by atoms with van der Waals surface area (Å²) in [5, 5.41) is 8.79. The summed E-state index contributed by atoms with van der Waals surface area (Å²) in [4.78, 5) is 14.7. The molecule has 0 aliphatic heterocycles. The first kappa shape index (κ1) is 11.4. The lowest BCUT2D eigenvalue weighted by atomic mass is 9.87. The van der Waals surface area contributed by atoms with E-state index in [2.05, 4.69) is 32.3 Å². The SMILES string of the molecule is C=C(C(=O)O)c1cc(C(C)(C)C)ccn1. The molecule has 80 valence electrons. The molecular weight excluding hydrogens is 190 g/mol. The van der Waals surface area contributed by atoms with E-state index in [1.54, 1.807) is 12.3 Å². The average molecular weight is 205 g/mol. The summed E-state index contributed by atoms with van der Waals surface area (Å²) in [6.45, 7) is 9.68. The molecule has 3 heteroatoms. The normalized spacial score (nSPS) is 11.1. The molecule has 0 bridgehead atoms. The van der Waals surface area contributed by atoms with Gasteiger partial charge in [0, 0.05) is 6.20 Å². The largest absolute Gasteiger partial charge is 0.478 e. The lowest BCUT2D eigenvalue weighted by molar-refractivity contribution is -0.130. The van der Waals surface area contributed by atoms with Crippen LogP contribution in [0.4, 0.5) is 0 Å². The van der Waals surface area contributed by atoms with Crippen LogP contribution in [0.3, 0.4) is 0 Å². The van der Waals surface area contributed by atoms with Crippen LogP contribution < -0.4 is 0 Å². The molecule has 0 atom stereocenters. The number of carboxylic acid groups (broad SMARTS) is 1. The molecule has 0 aliphatic rings. The third-order valence-electron chi connectivity index (χ3n) is 2.19. The number of carboxylic acids is 1. The van der Waals surface area contributed by atoms with Gasteiger partial charge in [-0.3, -0.25) is 4.98 Å². The van der Waals surface area contributed by atoms with Gasteiger partial charge in [-0.2, -0.15) is 0 Å². The van der Waals surface area contributed by atoms with E-state index in [9.17, 15) is 4.79 Å². The lowest BCUT2D eigenvalue weighted by Crippen LogP contribution is -2.12. The van der Waals surface area contributed by atoms with Crippen LogP contribution in [0.1, 0.15) is 32.0 Å². The Hall–Kier alpha value is -1.64. The van der Waals surface area contributed by atoms with E-state index in [1.807, 2.05) is 6.07 Å². The Labute approximate surface area is 89.5 Å². The number of nitrogens with zero attached hydrogens (tertiary/aromatic N) is 1. The molecule has 0 fully saturated rings. The van der Waals surface area contributed by atoms with E-state index in [-0.39, 0.29) is 11.0 Å². The van der Waals surface area contributed by atoms with Crippen LogP contribution >= 0.6 is 0 Å². The van der Waals surface area contributed by atoms with E-state index in [0.717, 1.165) is 5.56 Å². The zero-order chi connectivity index (χ0) is 11.6. The maximum atomic E-state index is 10.7. The molecule has 1 heterocycles. The molecule has 0 saturated heterocycles. The maximum absolute atomic E-state index is 10.7. The van der Waals surface area contributed by atoms with E-state index < -0.39 is 5.97 Å². The summed E-state index contributed by atoms with van der Waals surface area (Å²) < 4.78 is 0. The molecule has 0 unspecified atom stereocenters. The molecule has 0 aliphatic carbocycles. The van der Waals surface area contributed by atoms with Crippen molar-refractivity contribution in [3.05, 3.63) is 36.2 Å². The smallest absolute Gasteiger partial charge is 0.337 e. The molecule has 15 heavy (non-hydrogen) atoms. The fourth-order valence-corrected chi connectivity index (χ4v) is 1.17. The first-order valence-electron chi connectivity index (χ1n) is 4.71. The molecule has 0 amide bonds. The molecule has 1 aromatic rings. The van der Waals surface area contributed by atoms with E-state index in [1.165, 1.54) is 0 Å². The highest BCUT2D eigenvalue weighted by Crippen LogP contribution is 2.23. The van der Waals surface area contributed by atoms with Crippen molar-refractivity contribution in [3.63, 3.8) is 0 Å². The van der Waals surface area contributed by atoms with Crippen molar-refractivity contribution in [2.24, 2.45) is 0 Å². The highest BCUT2D eigenvalue weighted by molar-refractivity contribution is 6.13. The molecule has 1 N–H and O–H groups in total. The Morgan fingerprint density at radius 3 is 2.53 bits per heavy atom. The van der Waals surface area contributed by atoms with Gasteiger partial charge in [0.2, 0.25) is 0 Å². The summed E-state index contributed by atoms with van der Waals surface area (Å²) in [5.41, 5.74) is 1.49. The third-order valence-corrected chi connectivity index (χ3v) is 2.19. The molecule has 1 rings (SSSR count). The third kappa shape index (κ3) is 2.65. The van der Waals surface area contributed by atoms with E-state index in [4.69, 9.17) is 5.11 Å². The summed E-state index contributed by atoms with van der Waals surface area (Å²) in [6.07, 6.45) is 1.62. The van der Waals surface area contributed by atoms with Crippen molar-refractivity contribution >= 4 is 11.5 Å². The fraction of sp³-hybridized carbons (Fsp3) is 0.333. The second-order valence-corrected chi connectivity index (χ2v) is 4.46. The lowest BCUT2D eigenvalue weighted by Gasteiger charge is -2.19. The molecule has 0 radical (unpaired) electrons. The first-order valence-corrected chi connectivity index (χ1v) is 4.71. The number of pyridine rings is 1. The second kappa shape index (κ2) is 3.85. The quantitative estimate of drug-likeness (QED) is 0.754. The van der Waals surface area contributed by atoms with Gasteiger partial charge in [-0.1, -0.05) is 27.4 Å². The Morgan fingerprint density at radius 2 is 2.07 bits per heavy atom. The van der Waals surface area contributed by atoms with Crippen molar-refractivity contribution in [2.45, 2.75) is 26.2 Å². The summed E-state index contributed by atoms with van der Waals surface area (Å²) in [5.74, 6) is -1.03. The van der Waals surface area contributed by atoms with Crippen molar-refractivity contribution in [3.8, 4) is 0 Å². The van der Waals surface area contributed by atoms with Gasteiger partial charge in [-0.05, 0) is 23.1 Å². The molecular formula is C12H15NO2. The Balaban J connectivity index is 3.14. The zero-order valence-electron chi connectivity index (χ0n) is 9.24. The number of rotatable bonds is 2. The van der Waals surface area contributed by atoms with Crippen LogP contribution in [0.2, 0.25) is 0 Å². The van der Waals surface area contributed by atoms with Gasteiger partial charge in [0.15, 0.2) is 0 Å². The molecule has 0 aromatic carbocycles. The van der Waals surface area contributed by atoms with Gasteiger partial charge in [0.1, 0.15) is 0 Å². The number of hydrogen-bond acceptors (Lipinski definition) is 2. The highest BCUT2D eigenvalue weighted by Gasteiger charge is 2.16. The maximum Gasteiger partial charge on any atom is 0.337 e. The number of hydrogen-bond donors (Lipinski definition) is 1. The van der Waals surface area contributed by atoms with Crippen molar-refractivity contribution < 1.29 is 9.90 Å². The van der Waals surface area contributed by atoms with Crippen LogP contribution in [0, 0.1) is 0 Å². The minimum Gasteiger partial charge on any atom is -0.478 e. The minimum absolute atomic E-state index is 0.0174. The van der Waals surface area contributed by atoms with Crippen LogP contribution in [0.15, 0.2) is 24.9 Å². The summed E-state index contributed by atoms with van der Waals surface area (Å²) >= 11 is 0. The Morgan fingerprint density at radius 1 is 1.47 bits per heavy atom. The number of aromatic nitrogens is 1. The van der Waals surface area contributed by atoms with Gasteiger partial charge in [0.25, 0.3) is 0 Å². The van der Waals surface area contributed by atoms with Crippen LogP contribution in [0.25, 0.3) is 5.57 Å². The zero-order valence-corrected chi connectivity index (χ0v) is 9.24.